The molecule has 0 atom stereocenters. The summed E-state index contributed by atoms with van der Waals surface area (Å²) in [5.41, 5.74) is 3.05. The van der Waals surface area contributed by atoms with Crippen LogP contribution >= 0.6 is 27.5 Å². The molecule has 0 amide bonds. The third kappa shape index (κ3) is 2.11. The van der Waals surface area contributed by atoms with Crippen LogP contribution in [0.2, 0.25) is 5.02 Å². The lowest BCUT2D eigenvalue weighted by atomic mass is 10.2. The Morgan fingerprint density at radius 3 is 2.87 bits per heavy atom. The fourth-order valence-electron chi connectivity index (χ4n) is 1.03. The average Bonchev–Trinajstić information content (AvgIpc) is 2.70. The minimum Gasteiger partial charge on any atom is -0.314 e. The molecule has 0 saturated heterocycles. The van der Waals surface area contributed by atoms with Crippen molar-refractivity contribution in [3.05, 3.63) is 27.7 Å². The second-order valence-electron chi connectivity index (χ2n) is 2.70. The third-order valence-electron chi connectivity index (χ3n) is 1.73. The van der Waals surface area contributed by atoms with Crippen LogP contribution in [-0.2, 0) is 0 Å². The largest absolute Gasteiger partial charge is 0.335 e. The minimum absolute atomic E-state index is 0.163. The Kier molecular flexibility index (Phi) is 2.90. The highest BCUT2D eigenvalue weighted by Crippen LogP contribution is 2.27. The van der Waals surface area contributed by atoms with Gasteiger partial charge in [-0.3, -0.25) is 5.43 Å². The summed E-state index contributed by atoms with van der Waals surface area (Å²) in [5.74, 6) is 5.56. The summed E-state index contributed by atoms with van der Waals surface area (Å²) in [6, 6.07) is 5.49. The maximum Gasteiger partial charge on any atom is 0.335 e. The summed E-state index contributed by atoms with van der Waals surface area (Å²) in [5, 5.41) is 4.36. The average molecular weight is 290 g/mol. The van der Waals surface area contributed by atoms with Crippen LogP contribution in [0.1, 0.15) is 0 Å². The second-order valence-corrected chi connectivity index (χ2v) is 3.96. The molecule has 0 aliphatic rings. The van der Waals surface area contributed by atoms with Gasteiger partial charge in [-0.25, -0.2) is 5.84 Å². The number of nitrogens with zero attached hydrogens (tertiary/aromatic N) is 2. The van der Waals surface area contributed by atoms with E-state index in [0.29, 0.717) is 10.8 Å². The van der Waals surface area contributed by atoms with Crippen molar-refractivity contribution in [2.45, 2.75) is 0 Å². The number of nitrogens with two attached hydrogens (primary N) is 1. The molecule has 0 aliphatic heterocycles. The van der Waals surface area contributed by atoms with Crippen LogP contribution in [0, 0.1) is 0 Å². The topological polar surface area (TPSA) is 77.0 Å². The molecule has 3 N–H and O–H groups in total. The van der Waals surface area contributed by atoms with Crippen LogP contribution < -0.4 is 11.3 Å². The van der Waals surface area contributed by atoms with Crippen molar-refractivity contribution in [1.29, 1.82) is 0 Å². The van der Waals surface area contributed by atoms with Crippen LogP contribution in [0.3, 0.4) is 0 Å². The first-order valence-corrected chi connectivity index (χ1v) is 5.13. The summed E-state index contributed by atoms with van der Waals surface area (Å²) in [6.45, 7) is 0. The van der Waals surface area contributed by atoms with Crippen LogP contribution in [-0.4, -0.2) is 10.1 Å². The Balaban J connectivity index is 2.40. The molecule has 7 heteroatoms. The monoisotopic (exact) mass is 288 g/mol. The van der Waals surface area contributed by atoms with E-state index in [4.69, 9.17) is 22.0 Å². The van der Waals surface area contributed by atoms with Gasteiger partial charge in [0.05, 0.1) is 5.02 Å². The Morgan fingerprint density at radius 2 is 2.27 bits per heavy atom. The van der Waals surface area contributed by atoms with E-state index in [0.717, 1.165) is 10.0 Å². The van der Waals surface area contributed by atoms with E-state index in [-0.39, 0.29) is 6.01 Å². The summed E-state index contributed by atoms with van der Waals surface area (Å²) in [6.07, 6.45) is 0. The number of nitrogen functional groups attached to an aromatic ring is 1. The number of hydrogen-bond donors (Lipinski definition) is 2. The van der Waals surface area contributed by atoms with Gasteiger partial charge in [-0.1, -0.05) is 16.8 Å². The second kappa shape index (κ2) is 4.18. The summed E-state index contributed by atoms with van der Waals surface area (Å²) < 4.78 is 5.56. The quantitative estimate of drug-likeness (QED) is 0.656. The molecule has 0 aliphatic carbocycles. The number of rotatable bonds is 2. The van der Waals surface area contributed by atoms with Gasteiger partial charge in [0.25, 0.3) is 0 Å². The normalized spacial score (nSPS) is 10.3. The van der Waals surface area contributed by atoms with Crippen molar-refractivity contribution in [3.8, 4) is 11.4 Å². The van der Waals surface area contributed by atoms with Gasteiger partial charge >= 0.3 is 6.01 Å². The number of halogens is 2. The van der Waals surface area contributed by atoms with E-state index in [1.54, 1.807) is 18.2 Å². The van der Waals surface area contributed by atoms with E-state index < -0.39 is 0 Å². The van der Waals surface area contributed by atoms with Crippen LogP contribution in [0.25, 0.3) is 11.4 Å². The number of nitrogens with one attached hydrogen (secondary N) is 1. The van der Waals surface area contributed by atoms with E-state index in [2.05, 4.69) is 31.5 Å². The van der Waals surface area contributed by atoms with Crippen molar-refractivity contribution in [2.75, 3.05) is 5.43 Å². The highest BCUT2D eigenvalue weighted by Gasteiger charge is 2.08. The number of anilines is 1. The standard InChI is InChI=1S/C8H6BrClN4O/c9-5-3-4(1-2-6(5)10)7-12-8(13-11)15-14-7/h1-3H,11H2,(H,12,13,14). The highest BCUT2D eigenvalue weighted by atomic mass is 79.9. The number of benzene rings is 1. The molecule has 0 bridgehead atoms. The summed E-state index contributed by atoms with van der Waals surface area (Å²) >= 11 is 9.17. The van der Waals surface area contributed by atoms with E-state index in [9.17, 15) is 0 Å². The van der Waals surface area contributed by atoms with Crippen molar-refractivity contribution >= 4 is 33.5 Å². The minimum atomic E-state index is 0.163. The molecule has 78 valence electrons. The molecule has 0 saturated carbocycles. The maximum atomic E-state index is 5.86. The highest BCUT2D eigenvalue weighted by molar-refractivity contribution is 9.10. The maximum absolute atomic E-state index is 5.86. The zero-order valence-electron chi connectivity index (χ0n) is 7.37. The van der Waals surface area contributed by atoms with E-state index in [1.807, 2.05) is 0 Å². The summed E-state index contributed by atoms with van der Waals surface area (Å²) in [7, 11) is 0. The van der Waals surface area contributed by atoms with Crippen LogP contribution in [0.15, 0.2) is 27.2 Å². The van der Waals surface area contributed by atoms with Crippen LogP contribution in [0.5, 0.6) is 0 Å². The molecule has 2 rings (SSSR count). The molecular formula is C8H6BrClN4O. The number of hydrazine groups is 1. The molecule has 2 aromatic rings. The summed E-state index contributed by atoms with van der Waals surface area (Å²) in [4.78, 5) is 3.99. The van der Waals surface area contributed by atoms with Crippen LogP contribution in [0.4, 0.5) is 6.01 Å². The first kappa shape index (κ1) is 10.4. The lowest BCUT2D eigenvalue weighted by molar-refractivity contribution is 0.432. The molecule has 0 radical (unpaired) electrons. The SMILES string of the molecule is NNc1nc(-c2ccc(Cl)c(Br)c2)no1. The molecule has 1 aromatic carbocycles. The van der Waals surface area contributed by atoms with Gasteiger partial charge < -0.3 is 4.52 Å². The smallest absolute Gasteiger partial charge is 0.314 e. The lowest BCUT2D eigenvalue weighted by Crippen LogP contribution is -2.06. The Hall–Kier alpha value is -1.11. The zero-order chi connectivity index (χ0) is 10.8. The van der Waals surface area contributed by atoms with Gasteiger partial charge in [0.2, 0.25) is 5.82 Å². The van der Waals surface area contributed by atoms with Crippen molar-refractivity contribution in [2.24, 2.45) is 5.84 Å². The lowest BCUT2D eigenvalue weighted by Gasteiger charge is -1.97. The first-order valence-electron chi connectivity index (χ1n) is 3.96. The molecule has 0 spiro atoms. The van der Waals surface area contributed by atoms with Crippen molar-refractivity contribution in [3.63, 3.8) is 0 Å². The molecule has 1 heterocycles. The van der Waals surface area contributed by atoms with Gasteiger partial charge in [-0.2, -0.15) is 4.98 Å². The van der Waals surface area contributed by atoms with E-state index in [1.165, 1.54) is 0 Å². The first-order chi connectivity index (χ1) is 7.20. The molecule has 0 fully saturated rings. The van der Waals surface area contributed by atoms with Gasteiger partial charge in [0, 0.05) is 10.0 Å². The van der Waals surface area contributed by atoms with Crippen molar-refractivity contribution in [1.82, 2.24) is 10.1 Å². The van der Waals surface area contributed by atoms with E-state index >= 15 is 0 Å². The fourth-order valence-corrected chi connectivity index (χ4v) is 1.53. The van der Waals surface area contributed by atoms with Gasteiger partial charge in [-0.05, 0) is 34.1 Å². The van der Waals surface area contributed by atoms with Crippen molar-refractivity contribution < 1.29 is 4.52 Å². The third-order valence-corrected chi connectivity index (χ3v) is 2.94. The fraction of sp³-hybridized carbons (Fsp3) is 0. The van der Waals surface area contributed by atoms with Gasteiger partial charge in [0.1, 0.15) is 0 Å². The Bertz CT molecular complexity index is 487. The number of hydrogen-bond acceptors (Lipinski definition) is 5. The molecule has 0 unspecified atom stereocenters. The molecular weight excluding hydrogens is 283 g/mol. The zero-order valence-corrected chi connectivity index (χ0v) is 9.71. The molecule has 1 aromatic heterocycles. The number of aromatic nitrogens is 2. The molecule has 15 heavy (non-hydrogen) atoms. The Morgan fingerprint density at radius 1 is 1.47 bits per heavy atom. The van der Waals surface area contributed by atoms with Gasteiger partial charge in [-0.15, -0.1) is 0 Å². The van der Waals surface area contributed by atoms with Gasteiger partial charge in [0.15, 0.2) is 0 Å². The predicted octanol–water partition coefficient (Wildman–Crippen LogP) is 2.44. The molecule has 5 nitrogen and oxygen atoms in total. The predicted molar refractivity (Wildman–Crippen MR) is 60.3 cm³/mol. The Labute approximate surface area is 98.7 Å².